The first-order chi connectivity index (χ1) is 9.75. The minimum absolute atomic E-state index is 0.0347. The van der Waals surface area contributed by atoms with Gasteiger partial charge in [0.05, 0.1) is 30.7 Å². The van der Waals surface area contributed by atoms with Gasteiger partial charge in [0, 0.05) is 13.0 Å². The van der Waals surface area contributed by atoms with Gasteiger partial charge in [0.2, 0.25) is 5.79 Å². The predicted octanol–water partition coefficient (Wildman–Crippen LogP) is 1.73. The Morgan fingerprint density at radius 3 is 2.90 bits per heavy atom. The lowest BCUT2D eigenvalue weighted by atomic mass is 9.97. The Bertz CT molecular complexity index is 653. The molecule has 1 aromatic heterocycles. The molecule has 0 aliphatic carbocycles. The van der Waals surface area contributed by atoms with Crippen molar-refractivity contribution in [2.45, 2.75) is 38.7 Å². The normalized spacial score (nSPS) is 22.4. The van der Waals surface area contributed by atoms with Crippen LogP contribution in [0.2, 0.25) is 0 Å². The molecule has 5 heteroatoms. The molecule has 0 bridgehead atoms. The Morgan fingerprint density at radius 2 is 2.15 bits per heavy atom. The smallest absolute Gasteiger partial charge is 0.258 e. The molecule has 1 saturated heterocycles. The van der Waals surface area contributed by atoms with E-state index in [1.807, 2.05) is 0 Å². The van der Waals surface area contributed by atoms with Crippen molar-refractivity contribution in [1.29, 1.82) is 0 Å². The first kappa shape index (κ1) is 12.2. The van der Waals surface area contributed by atoms with E-state index in [9.17, 15) is 4.79 Å². The summed E-state index contributed by atoms with van der Waals surface area (Å²) in [5, 5.41) is 0. The SMILES string of the molecule is CCC1=COCc2c1cc1n(c2=O)CCC12OCCO2. The van der Waals surface area contributed by atoms with Crippen LogP contribution in [-0.2, 0) is 33.1 Å². The van der Waals surface area contributed by atoms with E-state index in [1.54, 1.807) is 10.8 Å². The standard InChI is InChI=1S/C15H17NO4/c1-2-10-8-18-9-12-11(10)7-13-15(19-5-6-20-15)3-4-16(13)14(12)17/h7-8H,2-6,9H2,1H3. The zero-order chi connectivity index (χ0) is 13.7. The minimum Gasteiger partial charge on any atom is -0.496 e. The summed E-state index contributed by atoms with van der Waals surface area (Å²) in [5.41, 5.74) is 3.71. The van der Waals surface area contributed by atoms with Gasteiger partial charge in [-0.3, -0.25) is 4.79 Å². The van der Waals surface area contributed by atoms with Crippen LogP contribution in [0.1, 0.15) is 36.6 Å². The van der Waals surface area contributed by atoms with E-state index < -0.39 is 5.79 Å². The molecule has 4 heterocycles. The summed E-state index contributed by atoms with van der Waals surface area (Å²) in [6, 6.07) is 2.06. The highest BCUT2D eigenvalue weighted by molar-refractivity contribution is 5.68. The van der Waals surface area contributed by atoms with Crippen LogP contribution in [0.5, 0.6) is 0 Å². The van der Waals surface area contributed by atoms with Gasteiger partial charge in [-0.15, -0.1) is 0 Å². The zero-order valence-corrected chi connectivity index (χ0v) is 11.5. The Labute approximate surface area is 116 Å². The van der Waals surface area contributed by atoms with Gasteiger partial charge in [0.15, 0.2) is 0 Å². The number of aromatic nitrogens is 1. The summed E-state index contributed by atoms with van der Waals surface area (Å²) >= 11 is 0. The fourth-order valence-electron chi connectivity index (χ4n) is 3.35. The van der Waals surface area contributed by atoms with Crippen LogP contribution in [0.15, 0.2) is 17.1 Å². The van der Waals surface area contributed by atoms with Crippen molar-refractivity contribution in [3.8, 4) is 0 Å². The molecule has 1 aromatic rings. The molecule has 106 valence electrons. The molecule has 0 N–H and O–H groups in total. The lowest BCUT2D eigenvalue weighted by molar-refractivity contribution is -0.163. The topological polar surface area (TPSA) is 49.7 Å². The zero-order valence-electron chi connectivity index (χ0n) is 11.5. The molecule has 4 rings (SSSR count). The Morgan fingerprint density at radius 1 is 1.35 bits per heavy atom. The summed E-state index contributed by atoms with van der Waals surface area (Å²) in [5.74, 6) is -0.703. The van der Waals surface area contributed by atoms with Gasteiger partial charge in [-0.05, 0) is 23.6 Å². The molecule has 3 aliphatic rings. The van der Waals surface area contributed by atoms with Crippen LogP contribution in [-0.4, -0.2) is 17.8 Å². The Hall–Kier alpha value is -1.59. The summed E-state index contributed by atoms with van der Waals surface area (Å²) < 4.78 is 18.8. The minimum atomic E-state index is -0.703. The predicted molar refractivity (Wildman–Crippen MR) is 72.0 cm³/mol. The summed E-state index contributed by atoms with van der Waals surface area (Å²) in [6.45, 7) is 4.24. The third kappa shape index (κ3) is 1.47. The Kier molecular flexibility index (Phi) is 2.56. The van der Waals surface area contributed by atoms with Gasteiger partial charge in [0.25, 0.3) is 5.56 Å². The van der Waals surface area contributed by atoms with Crippen LogP contribution in [0, 0.1) is 0 Å². The first-order valence-electron chi connectivity index (χ1n) is 7.11. The third-order valence-corrected chi connectivity index (χ3v) is 4.39. The van der Waals surface area contributed by atoms with Gasteiger partial charge in [0.1, 0.15) is 6.61 Å². The molecular weight excluding hydrogens is 258 g/mol. The van der Waals surface area contributed by atoms with Crippen molar-refractivity contribution in [1.82, 2.24) is 4.57 Å². The van der Waals surface area contributed by atoms with E-state index in [0.717, 1.165) is 28.8 Å². The van der Waals surface area contributed by atoms with Crippen molar-refractivity contribution in [3.05, 3.63) is 39.5 Å². The summed E-state index contributed by atoms with van der Waals surface area (Å²) in [4.78, 5) is 12.7. The molecule has 3 aliphatic heterocycles. The summed E-state index contributed by atoms with van der Waals surface area (Å²) in [7, 11) is 0. The molecular formula is C15H17NO4. The van der Waals surface area contributed by atoms with E-state index in [2.05, 4.69) is 13.0 Å². The maximum atomic E-state index is 12.7. The molecule has 5 nitrogen and oxygen atoms in total. The van der Waals surface area contributed by atoms with Crippen molar-refractivity contribution >= 4 is 5.57 Å². The number of nitrogens with zero attached hydrogens (tertiary/aromatic N) is 1. The van der Waals surface area contributed by atoms with Crippen molar-refractivity contribution in [3.63, 3.8) is 0 Å². The average molecular weight is 275 g/mol. The van der Waals surface area contributed by atoms with E-state index in [1.165, 1.54) is 0 Å². The van der Waals surface area contributed by atoms with Gasteiger partial charge in [-0.25, -0.2) is 0 Å². The van der Waals surface area contributed by atoms with Gasteiger partial charge in [-0.2, -0.15) is 0 Å². The lowest BCUT2D eigenvalue weighted by Gasteiger charge is -2.24. The molecule has 0 saturated carbocycles. The second kappa shape index (κ2) is 4.20. The highest BCUT2D eigenvalue weighted by Gasteiger charge is 2.46. The maximum Gasteiger partial charge on any atom is 0.258 e. The quantitative estimate of drug-likeness (QED) is 0.783. The molecule has 0 atom stereocenters. The van der Waals surface area contributed by atoms with Crippen molar-refractivity contribution < 1.29 is 14.2 Å². The number of allylic oxidation sites excluding steroid dienone is 1. The molecule has 0 aromatic carbocycles. The largest absolute Gasteiger partial charge is 0.496 e. The van der Waals surface area contributed by atoms with E-state index in [4.69, 9.17) is 14.2 Å². The highest BCUT2D eigenvalue weighted by atomic mass is 16.7. The molecule has 0 radical (unpaired) electrons. The van der Waals surface area contributed by atoms with Gasteiger partial charge in [-0.1, -0.05) is 6.92 Å². The monoisotopic (exact) mass is 275 g/mol. The number of hydrogen-bond donors (Lipinski definition) is 0. The maximum absolute atomic E-state index is 12.7. The molecule has 0 unspecified atom stereocenters. The van der Waals surface area contributed by atoms with Crippen molar-refractivity contribution in [2.75, 3.05) is 13.2 Å². The highest BCUT2D eigenvalue weighted by Crippen LogP contribution is 2.41. The lowest BCUT2D eigenvalue weighted by Crippen LogP contribution is -2.30. The number of fused-ring (bicyclic) bond motifs is 3. The fraction of sp³-hybridized carbons (Fsp3) is 0.533. The molecule has 20 heavy (non-hydrogen) atoms. The molecule has 0 amide bonds. The number of rotatable bonds is 1. The average Bonchev–Trinajstić information content (AvgIpc) is 3.09. The second-order valence-corrected chi connectivity index (χ2v) is 5.39. The third-order valence-electron chi connectivity index (χ3n) is 4.39. The molecule has 1 fully saturated rings. The van der Waals surface area contributed by atoms with Gasteiger partial charge < -0.3 is 18.8 Å². The van der Waals surface area contributed by atoms with Gasteiger partial charge >= 0.3 is 0 Å². The van der Waals surface area contributed by atoms with E-state index in [-0.39, 0.29) is 5.56 Å². The number of pyridine rings is 1. The molecule has 1 spiro atoms. The van der Waals surface area contributed by atoms with Crippen LogP contribution < -0.4 is 5.56 Å². The van der Waals surface area contributed by atoms with E-state index in [0.29, 0.717) is 32.8 Å². The number of hydrogen-bond acceptors (Lipinski definition) is 4. The fourth-order valence-corrected chi connectivity index (χ4v) is 3.35. The van der Waals surface area contributed by atoms with Crippen LogP contribution in [0.25, 0.3) is 5.57 Å². The summed E-state index contributed by atoms with van der Waals surface area (Å²) in [6.07, 6.45) is 3.30. The Balaban J connectivity index is 1.95. The van der Waals surface area contributed by atoms with Crippen LogP contribution >= 0.6 is 0 Å². The second-order valence-electron chi connectivity index (χ2n) is 5.39. The van der Waals surface area contributed by atoms with E-state index >= 15 is 0 Å². The van der Waals surface area contributed by atoms with Crippen LogP contribution in [0.4, 0.5) is 0 Å². The van der Waals surface area contributed by atoms with Crippen LogP contribution in [0.3, 0.4) is 0 Å². The number of ether oxygens (including phenoxy) is 3. The first-order valence-corrected chi connectivity index (χ1v) is 7.11. The van der Waals surface area contributed by atoms with Crippen molar-refractivity contribution in [2.24, 2.45) is 0 Å².